The highest BCUT2D eigenvalue weighted by molar-refractivity contribution is 7.86. The molecule has 0 radical (unpaired) electrons. The van der Waals surface area contributed by atoms with E-state index in [1.165, 1.54) is 4.31 Å². The molecule has 7 nitrogen and oxygen atoms in total. The Morgan fingerprint density at radius 2 is 1.81 bits per heavy atom. The van der Waals surface area contributed by atoms with Crippen LogP contribution < -0.4 is 5.14 Å². The van der Waals surface area contributed by atoms with Crippen LogP contribution in [-0.4, -0.2) is 73.7 Å². The Morgan fingerprint density at radius 3 is 2.44 bits per heavy atom. The van der Waals surface area contributed by atoms with Crippen molar-refractivity contribution in [1.29, 1.82) is 0 Å². The standard InChI is InChI=1S/C17H24Cl2N4O3S/c18-15-4-3-13(9-16(15)19)10-17(24)23-8-7-22(27(20,25)26)12-14(23)11-21-5-1-2-6-21/h3-4,9,14H,1-2,5-8,10-12H2,(H2,20,25,26). The third kappa shape index (κ3) is 5.34. The first kappa shape index (κ1) is 20.8. The Balaban J connectivity index is 1.73. The fourth-order valence-electron chi connectivity index (χ4n) is 3.73. The molecule has 2 N–H and O–H groups in total. The number of likely N-dealkylation sites (tertiary alicyclic amines) is 1. The number of nitrogens with two attached hydrogens (primary N) is 1. The Hall–Kier alpha value is -0.900. The number of hydrogen-bond acceptors (Lipinski definition) is 4. The summed E-state index contributed by atoms with van der Waals surface area (Å²) in [6, 6.07) is 4.93. The third-order valence-electron chi connectivity index (χ3n) is 5.13. The van der Waals surface area contributed by atoms with Crippen LogP contribution in [0.5, 0.6) is 0 Å². The molecule has 2 fully saturated rings. The van der Waals surface area contributed by atoms with Gasteiger partial charge in [0.15, 0.2) is 0 Å². The number of benzene rings is 1. The van der Waals surface area contributed by atoms with Gasteiger partial charge in [0.05, 0.1) is 22.5 Å². The molecule has 10 heteroatoms. The molecule has 150 valence electrons. The number of nitrogens with zero attached hydrogens (tertiary/aromatic N) is 3. The van der Waals surface area contributed by atoms with Gasteiger partial charge < -0.3 is 9.80 Å². The van der Waals surface area contributed by atoms with E-state index in [0.29, 0.717) is 23.1 Å². The van der Waals surface area contributed by atoms with Crippen molar-refractivity contribution in [2.75, 3.05) is 39.3 Å². The minimum Gasteiger partial charge on any atom is -0.335 e. The van der Waals surface area contributed by atoms with Gasteiger partial charge in [-0.2, -0.15) is 12.7 Å². The monoisotopic (exact) mass is 434 g/mol. The molecule has 0 saturated carbocycles. The number of hydrogen-bond donors (Lipinski definition) is 1. The second-order valence-corrected chi connectivity index (χ2v) is 9.44. The topological polar surface area (TPSA) is 87.0 Å². The van der Waals surface area contributed by atoms with Gasteiger partial charge in [0.2, 0.25) is 5.91 Å². The predicted octanol–water partition coefficient (Wildman–Crippen LogP) is 1.35. The maximum atomic E-state index is 12.9. The summed E-state index contributed by atoms with van der Waals surface area (Å²) in [4.78, 5) is 17.0. The fourth-order valence-corrected chi connectivity index (χ4v) is 4.77. The number of carbonyl (C=O) groups is 1. The zero-order valence-electron chi connectivity index (χ0n) is 15.0. The van der Waals surface area contributed by atoms with Crippen LogP contribution in [0.1, 0.15) is 18.4 Å². The van der Waals surface area contributed by atoms with E-state index >= 15 is 0 Å². The number of amides is 1. The van der Waals surface area contributed by atoms with E-state index in [4.69, 9.17) is 28.3 Å². The van der Waals surface area contributed by atoms with E-state index in [9.17, 15) is 13.2 Å². The molecule has 1 aromatic carbocycles. The summed E-state index contributed by atoms with van der Waals surface area (Å²) in [7, 11) is -3.77. The number of halogens is 2. The summed E-state index contributed by atoms with van der Waals surface area (Å²) in [6.07, 6.45) is 2.45. The van der Waals surface area contributed by atoms with Gasteiger partial charge >= 0.3 is 0 Å². The Bertz CT molecular complexity index is 799. The molecule has 1 atom stereocenters. The second kappa shape index (κ2) is 8.63. The Morgan fingerprint density at radius 1 is 1.11 bits per heavy atom. The maximum absolute atomic E-state index is 12.9. The van der Waals surface area contributed by atoms with Crippen LogP contribution in [0.15, 0.2) is 18.2 Å². The van der Waals surface area contributed by atoms with Crippen LogP contribution in [0.25, 0.3) is 0 Å². The van der Waals surface area contributed by atoms with E-state index in [1.54, 1.807) is 23.1 Å². The molecule has 0 spiro atoms. The fraction of sp³-hybridized carbons (Fsp3) is 0.588. The van der Waals surface area contributed by atoms with Crippen LogP contribution in [0.4, 0.5) is 0 Å². The van der Waals surface area contributed by atoms with Crippen molar-refractivity contribution in [3.8, 4) is 0 Å². The molecule has 27 heavy (non-hydrogen) atoms. The van der Waals surface area contributed by atoms with Crippen LogP contribution >= 0.6 is 23.2 Å². The summed E-state index contributed by atoms with van der Waals surface area (Å²) < 4.78 is 24.8. The lowest BCUT2D eigenvalue weighted by Gasteiger charge is -2.41. The molecule has 2 aliphatic rings. The molecular weight excluding hydrogens is 411 g/mol. The van der Waals surface area contributed by atoms with Crippen LogP contribution in [0, 0.1) is 0 Å². The van der Waals surface area contributed by atoms with Crippen molar-refractivity contribution < 1.29 is 13.2 Å². The smallest absolute Gasteiger partial charge is 0.277 e. The van der Waals surface area contributed by atoms with Gasteiger partial charge in [-0.15, -0.1) is 0 Å². The molecule has 1 amide bonds. The quantitative estimate of drug-likeness (QED) is 0.757. The van der Waals surface area contributed by atoms with Crippen molar-refractivity contribution >= 4 is 39.3 Å². The number of carbonyl (C=O) groups excluding carboxylic acids is 1. The minimum atomic E-state index is -3.77. The first-order chi connectivity index (χ1) is 12.7. The highest BCUT2D eigenvalue weighted by Gasteiger charge is 2.35. The van der Waals surface area contributed by atoms with Gasteiger partial charge in [-0.1, -0.05) is 29.3 Å². The highest BCUT2D eigenvalue weighted by atomic mass is 35.5. The molecule has 0 aliphatic carbocycles. The van der Waals surface area contributed by atoms with Crippen LogP contribution in [-0.2, 0) is 21.4 Å². The third-order valence-corrected chi connectivity index (χ3v) is 6.92. The van der Waals surface area contributed by atoms with Gasteiger partial charge in [-0.05, 0) is 43.6 Å². The minimum absolute atomic E-state index is 0.0494. The molecule has 0 bridgehead atoms. The van der Waals surface area contributed by atoms with E-state index in [1.807, 2.05) is 0 Å². The summed E-state index contributed by atoms with van der Waals surface area (Å²) in [5.41, 5.74) is 0.781. The largest absolute Gasteiger partial charge is 0.335 e. The van der Waals surface area contributed by atoms with E-state index in [0.717, 1.165) is 31.5 Å². The summed E-state index contributed by atoms with van der Waals surface area (Å²) in [6.45, 7) is 3.36. The Kier molecular flexibility index (Phi) is 6.66. The molecular formula is C17H24Cl2N4O3S. The van der Waals surface area contributed by atoms with Crippen molar-refractivity contribution in [2.45, 2.75) is 25.3 Å². The SMILES string of the molecule is NS(=O)(=O)N1CCN(C(=O)Cc2ccc(Cl)c(Cl)c2)C(CN2CCCC2)C1. The van der Waals surface area contributed by atoms with Crippen LogP contribution in [0.3, 0.4) is 0 Å². The average Bonchev–Trinajstić information content (AvgIpc) is 3.10. The molecule has 1 unspecified atom stereocenters. The molecule has 1 aromatic rings. The van der Waals surface area contributed by atoms with Crippen molar-refractivity contribution in [3.05, 3.63) is 33.8 Å². The maximum Gasteiger partial charge on any atom is 0.277 e. The van der Waals surface area contributed by atoms with E-state index in [2.05, 4.69) is 4.90 Å². The Labute approximate surface area is 170 Å². The molecule has 2 aliphatic heterocycles. The second-order valence-electron chi connectivity index (χ2n) is 7.08. The zero-order chi connectivity index (χ0) is 19.6. The van der Waals surface area contributed by atoms with Gasteiger partial charge in [-0.25, -0.2) is 5.14 Å². The summed E-state index contributed by atoms with van der Waals surface area (Å²) >= 11 is 12.0. The average molecular weight is 435 g/mol. The van der Waals surface area contributed by atoms with Crippen molar-refractivity contribution in [2.24, 2.45) is 5.14 Å². The van der Waals surface area contributed by atoms with Gasteiger partial charge in [0.25, 0.3) is 10.2 Å². The molecule has 3 rings (SSSR count). The van der Waals surface area contributed by atoms with Gasteiger partial charge in [-0.3, -0.25) is 4.79 Å². The summed E-state index contributed by atoms with van der Waals surface area (Å²) in [5, 5.41) is 6.17. The summed E-state index contributed by atoms with van der Waals surface area (Å²) in [5.74, 6) is -0.0494. The normalized spacial score (nSPS) is 22.3. The van der Waals surface area contributed by atoms with Gasteiger partial charge in [0.1, 0.15) is 0 Å². The number of piperazine rings is 1. The molecule has 2 saturated heterocycles. The van der Waals surface area contributed by atoms with Crippen LogP contribution in [0.2, 0.25) is 10.0 Å². The van der Waals surface area contributed by atoms with Crippen molar-refractivity contribution in [1.82, 2.24) is 14.1 Å². The van der Waals surface area contributed by atoms with Crippen molar-refractivity contribution in [3.63, 3.8) is 0 Å². The molecule has 2 heterocycles. The molecule has 0 aromatic heterocycles. The lowest BCUT2D eigenvalue weighted by atomic mass is 10.1. The van der Waals surface area contributed by atoms with Gasteiger partial charge in [0, 0.05) is 26.2 Å². The van der Waals surface area contributed by atoms with E-state index < -0.39 is 10.2 Å². The highest BCUT2D eigenvalue weighted by Crippen LogP contribution is 2.24. The van der Waals surface area contributed by atoms with E-state index in [-0.39, 0.29) is 31.5 Å². The number of rotatable bonds is 5. The lowest BCUT2D eigenvalue weighted by molar-refractivity contribution is -0.135. The predicted molar refractivity (Wildman–Crippen MR) is 106 cm³/mol. The first-order valence-corrected chi connectivity index (χ1v) is 11.2. The first-order valence-electron chi connectivity index (χ1n) is 8.97. The lowest BCUT2D eigenvalue weighted by Crippen LogP contribution is -2.60. The zero-order valence-corrected chi connectivity index (χ0v) is 17.3.